The van der Waals surface area contributed by atoms with E-state index in [2.05, 4.69) is 15.9 Å². The fraction of sp³-hybridized carbons (Fsp3) is 0.455. The molecular formula is C11H13BrFN. The van der Waals surface area contributed by atoms with Gasteiger partial charge in [0.05, 0.1) is 0 Å². The van der Waals surface area contributed by atoms with Gasteiger partial charge in [0, 0.05) is 16.1 Å². The average molecular weight is 258 g/mol. The van der Waals surface area contributed by atoms with Gasteiger partial charge in [-0.3, -0.25) is 0 Å². The minimum atomic E-state index is -0.201. The van der Waals surface area contributed by atoms with E-state index < -0.39 is 0 Å². The highest BCUT2D eigenvalue weighted by Crippen LogP contribution is 2.38. The van der Waals surface area contributed by atoms with Gasteiger partial charge >= 0.3 is 0 Å². The van der Waals surface area contributed by atoms with Crippen molar-refractivity contribution in [1.82, 2.24) is 0 Å². The zero-order valence-electron chi connectivity index (χ0n) is 7.84. The summed E-state index contributed by atoms with van der Waals surface area (Å²) < 4.78 is 14.2. The lowest BCUT2D eigenvalue weighted by Crippen LogP contribution is -2.13. The quantitative estimate of drug-likeness (QED) is 0.883. The van der Waals surface area contributed by atoms with Gasteiger partial charge in [-0.1, -0.05) is 34.8 Å². The van der Waals surface area contributed by atoms with E-state index in [0.29, 0.717) is 5.56 Å². The Morgan fingerprint density at radius 1 is 1.50 bits per heavy atom. The molecule has 1 aromatic rings. The van der Waals surface area contributed by atoms with Crippen molar-refractivity contribution in [2.75, 3.05) is 0 Å². The highest BCUT2D eigenvalue weighted by atomic mass is 79.9. The van der Waals surface area contributed by atoms with Gasteiger partial charge in [0.2, 0.25) is 0 Å². The van der Waals surface area contributed by atoms with E-state index in [1.54, 1.807) is 6.07 Å². The molecule has 1 fully saturated rings. The van der Waals surface area contributed by atoms with Gasteiger partial charge in [-0.2, -0.15) is 0 Å². The highest BCUT2D eigenvalue weighted by Gasteiger charge is 2.26. The van der Waals surface area contributed by atoms with Crippen LogP contribution in [0.4, 0.5) is 4.39 Å². The van der Waals surface area contributed by atoms with Crippen molar-refractivity contribution in [2.45, 2.75) is 25.3 Å². The Morgan fingerprint density at radius 2 is 2.21 bits per heavy atom. The molecule has 0 amide bonds. The van der Waals surface area contributed by atoms with Crippen molar-refractivity contribution in [3.8, 4) is 0 Å². The maximum absolute atomic E-state index is 13.5. The van der Waals surface area contributed by atoms with Crippen LogP contribution >= 0.6 is 15.9 Å². The van der Waals surface area contributed by atoms with Crippen LogP contribution in [0.3, 0.4) is 0 Å². The van der Waals surface area contributed by atoms with Crippen LogP contribution in [-0.4, -0.2) is 0 Å². The normalized spacial score (nSPS) is 18.2. The molecule has 0 aliphatic heterocycles. The molecule has 1 aliphatic carbocycles. The summed E-state index contributed by atoms with van der Waals surface area (Å²) in [7, 11) is 0. The second-order valence-corrected chi connectivity index (χ2v) is 4.78. The van der Waals surface area contributed by atoms with E-state index in [1.807, 2.05) is 6.07 Å². The molecule has 0 spiro atoms. The second kappa shape index (κ2) is 3.99. The molecule has 1 saturated carbocycles. The van der Waals surface area contributed by atoms with Crippen molar-refractivity contribution in [2.24, 2.45) is 11.7 Å². The van der Waals surface area contributed by atoms with Crippen molar-refractivity contribution in [1.29, 1.82) is 0 Å². The number of rotatable bonds is 3. The molecule has 1 aliphatic rings. The number of benzene rings is 1. The van der Waals surface area contributed by atoms with Crippen molar-refractivity contribution < 1.29 is 4.39 Å². The molecule has 2 rings (SSSR count). The van der Waals surface area contributed by atoms with Crippen LogP contribution in [0.5, 0.6) is 0 Å². The molecule has 1 nitrogen and oxygen atoms in total. The largest absolute Gasteiger partial charge is 0.324 e. The van der Waals surface area contributed by atoms with Crippen LogP contribution in [-0.2, 0) is 0 Å². The van der Waals surface area contributed by atoms with E-state index in [1.165, 1.54) is 18.9 Å². The first-order valence-electron chi connectivity index (χ1n) is 4.88. The summed E-state index contributed by atoms with van der Waals surface area (Å²) in [6, 6.07) is 4.82. The van der Waals surface area contributed by atoms with Gasteiger partial charge < -0.3 is 5.73 Å². The van der Waals surface area contributed by atoms with Crippen molar-refractivity contribution in [3.05, 3.63) is 34.1 Å². The van der Waals surface area contributed by atoms with Crippen LogP contribution in [0.15, 0.2) is 22.7 Å². The highest BCUT2D eigenvalue weighted by molar-refractivity contribution is 9.10. The zero-order valence-corrected chi connectivity index (χ0v) is 9.43. The minimum Gasteiger partial charge on any atom is -0.324 e. The van der Waals surface area contributed by atoms with Crippen LogP contribution in [0.2, 0.25) is 0 Å². The molecule has 2 N–H and O–H groups in total. The molecule has 0 saturated heterocycles. The Kier molecular flexibility index (Phi) is 2.88. The second-order valence-electron chi connectivity index (χ2n) is 3.92. The third-order valence-electron chi connectivity index (χ3n) is 2.65. The van der Waals surface area contributed by atoms with E-state index in [-0.39, 0.29) is 11.9 Å². The van der Waals surface area contributed by atoms with Gasteiger partial charge in [-0.05, 0) is 24.5 Å². The monoisotopic (exact) mass is 257 g/mol. The van der Waals surface area contributed by atoms with Gasteiger partial charge in [0.1, 0.15) is 5.82 Å². The summed E-state index contributed by atoms with van der Waals surface area (Å²) in [5, 5.41) is 0. The Hall–Kier alpha value is -0.410. The third-order valence-corrected chi connectivity index (χ3v) is 3.35. The number of halogens is 2. The lowest BCUT2D eigenvalue weighted by atomic mass is 10.0. The molecule has 0 radical (unpaired) electrons. The number of hydrogen-bond donors (Lipinski definition) is 1. The molecule has 76 valence electrons. The predicted molar refractivity (Wildman–Crippen MR) is 58.4 cm³/mol. The average Bonchev–Trinajstić information content (AvgIpc) is 2.87. The van der Waals surface area contributed by atoms with Gasteiger partial charge in [0.15, 0.2) is 0 Å². The maximum Gasteiger partial charge on any atom is 0.129 e. The Labute approximate surface area is 91.6 Å². The molecule has 0 heterocycles. The molecule has 14 heavy (non-hydrogen) atoms. The van der Waals surface area contributed by atoms with Crippen molar-refractivity contribution in [3.63, 3.8) is 0 Å². The minimum absolute atomic E-state index is 0.168. The smallest absolute Gasteiger partial charge is 0.129 e. The van der Waals surface area contributed by atoms with Gasteiger partial charge in [0.25, 0.3) is 0 Å². The number of hydrogen-bond acceptors (Lipinski definition) is 1. The fourth-order valence-electron chi connectivity index (χ4n) is 1.70. The van der Waals surface area contributed by atoms with Crippen LogP contribution in [0.1, 0.15) is 30.9 Å². The molecule has 0 bridgehead atoms. The Balaban J connectivity index is 2.19. The molecule has 1 aromatic carbocycles. The van der Waals surface area contributed by atoms with E-state index in [0.717, 1.165) is 16.8 Å². The summed E-state index contributed by atoms with van der Waals surface area (Å²) in [6.45, 7) is 0. The maximum atomic E-state index is 13.5. The summed E-state index contributed by atoms with van der Waals surface area (Å²) >= 11 is 3.34. The topological polar surface area (TPSA) is 26.0 Å². The van der Waals surface area contributed by atoms with E-state index >= 15 is 0 Å². The van der Waals surface area contributed by atoms with Gasteiger partial charge in [-0.25, -0.2) is 4.39 Å². The summed E-state index contributed by atoms with van der Waals surface area (Å²) in [6.07, 6.45) is 3.40. The number of nitrogens with two attached hydrogens (primary N) is 1. The first kappa shape index (κ1) is 10.1. The predicted octanol–water partition coefficient (Wildman–Crippen LogP) is 3.39. The molecular weight excluding hydrogens is 245 g/mol. The van der Waals surface area contributed by atoms with E-state index in [4.69, 9.17) is 5.73 Å². The zero-order chi connectivity index (χ0) is 10.1. The first-order chi connectivity index (χ1) is 6.68. The van der Waals surface area contributed by atoms with Crippen LogP contribution in [0.25, 0.3) is 0 Å². The fourth-order valence-corrected chi connectivity index (χ4v) is 2.33. The lowest BCUT2D eigenvalue weighted by molar-refractivity contribution is 0.540. The van der Waals surface area contributed by atoms with Crippen molar-refractivity contribution >= 4 is 15.9 Å². The third kappa shape index (κ3) is 2.15. The van der Waals surface area contributed by atoms with Gasteiger partial charge in [-0.15, -0.1) is 0 Å². The summed E-state index contributed by atoms with van der Waals surface area (Å²) in [4.78, 5) is 0. The summed E-state index contributed by atoms with van der Waals surface area (Å²) in [5.74, 6) is 0.518. The standard InChI is InChI=1S/C11H13BrFN/c12-8-2-1-3-9(13)11(8)10(14)6-7-4-5-7/h1-3,7,10H,4-6,14H2/t10-/m1/s1. The molecule has 0 aromatic heterocycles. The Morgan fingerprint density at radius 3 is 2.79 bits per heavy atom. The molecule has 3 heteroatoms. The molecule has 1 atom stereocenters. The Bertz CT molecular complexity index is 316. The van der Waals surface area contributed by atoms with Crippen LogP contribution in [0, 0.1) is 11.7 Å². The summed E-state index contributed by atoms with van der Waals surface area (Å²) in [5.41, 5.74) is 6.59. The van der Waals surface area contributed by atoms with E-state index in [9.17, 15) is 4.39 Å². The lowest BCUT2D eigenvalue weighted by Gasteiger charge is -2.14. The molecule has 0 unspecified atom stereocenters. The SMILES string of the molecule is N[C@H](CC1CC1)c1c(F)cccc1Br. The van der Waals surface area contributed by atoms with Crippen LogP contribution < -0.4 is 5.73 Å². The first-order valence-corrected chi connectivity index (χ1v) is 5.67.